The van der Waals surface area contributed by atoms with Gasteiger partial charge in [-0.15, -0.1) is 0 Å². The van der Waals surface area contributed by atoms with E-state index in [9.17, 15) is 0 Å². The maximum absolute atomic E-state index is 3.37. The molecule has 2 aliphatic rings. The molecule has 0 spiro atoms. The first kappa shape index (κ1) is 7.68. The van der Waals surface area contributed by atoms with Crippen LogP contribution in [0, 0.1) is 23.7 Å². The van der Waals surface area contributed by atoms with Crippen molar-refractivity contribution in [3.05, 3.63) is 24.3 Å². The minimum absolute atomic E-state index is 0.654. The van der Waals surface area contributed by atoms with Gasteiger partial charge in [0.15, 0.2) is 0 Å². The molecule has 1 fully saturated rings. The molecular formula is C12H14. The molecule has 0 saturated heterocycles. The number of hydrogen-bond acceptors (Lipinski definition) is 0. The van der Waals surface area contributed by atoms with Crippen LogP contribution in [0.1, 0.15) is 25.7 Å². The zero-order chi connectivity index (χ0) is 8.23. The van der Waals surface area contributed by atoms with E-state index >= 15 is 0 Å². The summed E-state index contributed by atoms with van der Waals surface area (Å²) >= 11 is 0. The highest BCUT2D eigenvalue weighted by Crippen LogP contribution is 2.32. The predicted octanol–water partition coefficient (Wildman–Crippen LogP) is 2.92. The maximum atomic E-state index is 3.37. The van der Waals surface area contributed by atoms with Crippen LogP contribution in [0.15, 0.2) is 24.3 Å². The van der Waals surface area contributed by atoms with Gasteiger partial charge in [-0.25, -0.2) is 0 Å². The normalized spacial score (nSPS) is 38.0. The molecule has 0 heteroatoms. The summed E-state index contributed by atoms with van der Waals surface area (Å²) in [6.07, 6.45) is 13.7. The third-order valence-electron chi connectivity index (χ3n) is 2.68. The Morgan fingerprint density at radius 1 is 1.17 bits per heavy atom. The Kier molecular flexibility index (Phi) is 2.32. The van der Waals surface area contributed by atoms with Crippen LogP contribution in [0.5, 0.6) is 0 Å². The fourth-order valence-corrected chi connectivity index (χ4v) is 2.00. The van der Waals surface area contributed by atoms with E-state index < -0.39 is 0 Å². The molecule has 1 saturated carbocycles. The molecule has 0 N–H and O–H groups in total. The van der Waals surface area contributed by atoms with E-state index in [2.05, 4.69) is 36.1 Å². The summed E-state index contributed by atoms with van der Waals surface area (Å²) < 4.78 is 0. The fourth-order valence-electron chi connectivity index (χ4n) is 2.00. The molecule has 0 aromatic heterocycles. The summed E-state index contributed by atoms with van der Waals surface area (Å²) in [5, 5.41) is 0. The Hall–Kier alpha value is -0.960. The average Bonchev–Trinajstić information content (AvgIpc) is 2.50. The van der Waals surface area contributed by atoms with Crippen molar-refractivity contribution in [2.45, 2.75) is 25.7 Å². The van der Waals surface area contributed by atoms with Gasteiger partial charge < -0.3 is 0 Å². The molecular weight excluding hydrogens is 144 g/mol. The zero-order valence-electron chi connectivity index (χ0n) is 7.29. The molecule has 0 aliphatic heterocycles. The highest BCUT2D eigenvalue weighted by Gasteiger charge is 2.22. The monoisotopic (exact) mass is 158 g/mol. The minimum Gasteiger partial charge on any atom is -0.0990 e. The van der Waals surface area contributed by atoms with Crippen molar-refractivity contribution in [2.24, 2.45) is 11.8 Å². The molecule has 12 heavy (non-hydrogen) atoms. The number of allylic oxidation sites excluding steroid dienone is 4. The van der Waals surface area contributed by atoms with Crippen molar-refractivity contribution in [2.75, 3.05) is 0 Å². The van der Waals surface area contributed by atoms with E-state index in [1.54, 1.807) is 0 Å². The van der Waals surface area contributed by atoms with Crippen LogP contribution >= 0.6 is 0 Å². The standard InChI is InChI=1S/C12H14/c1-2-4-7-11-9-6-10-12(11)8-5-3-1/h1-2,4,7,11-12H,3,6,9-10H2/b2-1-,7-4-. The summed E-state index contributed by atoms with van der Waals surface area (Å²) in [6.45, 7) is 0. The van der Waals surface area contributed by atoms with E-state index in [0.29, 0.717) is 5.92 Å². The van der Waals surface area contributed by atoms with Crippen LogP contribution in [0.2, 0.25) is 0 Å². The van der Waals surface area contributed by atoms with Gasteiger partial charge in [0.05, 0.1) is 0 Å². The molecule has 0 radical (unpaired) electrons. The van der Waals surface area contributed by atoms with Crippen molar-refractivity contribution in [3.8, 4) is 11.8 Å². The lowest BCUT2D eigenvalue weighted by Crippen LogP contribution is -2.01. The summed E-state index contributed by atoms with van der Waals surface area (Å²) in [7, 11) is 0. The van der Waals surface area contributed by atoms with E-state index in [-0.39, 0.29) is 0 Å². The third kappa shape index (κ3) is 1.61. The van der Waals surface area contributed by atoms with Crippen molar-refractivity contribution >= 4 is 0 Å². The van der Waals surface area contributed by atoms with E-state index in [0.717, 1.165) is 12.3 Å². The summed E-state index contributed by atoms with van der Waals surface area (Å²) in [6, 6.07) is 0. The highest BCUT2D eigenvalue weighted by molar-refractivity contribution is 5.18. The lowest BCUT2D eigenvalue weighted by atomic mass is 9.96. The van der Waals surface area contributed by atoms with Crippen LogP contribution in [-0.4, -0.2) is 0 Å². The quantitative estimate of drug-likeness (QED) is 0.475. The first-order valence-corrected chi connectivity index (χ1v) is 4.78. The number of hydrogen-bond donors (Lipinski definition) is 0. The van der Waals surface area contributed by atoms with Gasteiger partial charge in [-0.05, 0) is 18.8 Å². The second-order valence-electron chi connectivity index (χ2n) is 3.54. The van der Waals surface area contributed by atoms with Gasteiger partial charge in [0.25, 0.3) is 0 Å². The Morgan fingerprint density at radius 2 is 2.17 bits per heavy atom. The highest BCUT2D eigenvalue weighted by atomic mass is 14.3. The molecule has 0 heterocycles. The van der Waals surface area contributed by atoms with E-state index in [1.807, 2.05) is 0 Å². The Bertz CT molecular complexity index is 259. The molecule has 0 aromatic carbocycles. The SMILES string of the molecule is C1#CC2CCCC2/C=C\C=C/C1. The van der Waals surface area contributed by atoms with Crippen LogP contribution in [-0.2, 0) is 0 Å². The molecule has 0 bridgehead atoms. The van der Waals surface area contributed by atoms with Crippen molar-refractivity contribution in [1.29, 1.82) is 0 Å². The average molecular weight is 158 g/mol. The Balaban J connectivity index is 2.17. The smallest absolute Gasteiger partial charge is 0.0272 e. The molecule has 2 aliphatic carbocycles. The molecule has 2 rings (SSSR count). The minimum atomic E-state index is 0.654. The lowest BCUT2D eigenvalue weighted by Gasteiger charge is -2.07. The van der Waals surface area contributed by atoms with Gasteiger partial charge in [-0.3, -0.25) is 0 Å². The van der Waals surface area contributed by atoms with E-state index in [4.69, 9.17) is 0 Å². The van der Waals surface area contributed by atoms with Crippen molar-refractivity contribution in [3.63, 3.8) is 0 Å². The van der Waals surface area contributed by atoms with Crippen molar-refractivity contribution < 1.29 is 0 Å². The topological polar surface area (TPSA) is 0 Å². The van der Waals surface area contributed by atoms with Gasteiger partial charge in [-0.2, -0.15) is 0 Å². The van der Waals surface area contributed by atoms with Gasteiger partial charge >= 0.3 is 0 Å². The molecule has 0 amide bonds. The van der Waals surface area contributed by atoms with Crippen LogP contribution < -0.4 is 0 Å². The second kappa shape index (κ2) is 3.63. The predicted molar refractivity (Wildman–Crippen MR) is 51.5 cm³/mol. The van der Waals surface area contributed by atoms with Crippen molar-refractivity contribution in [1.82, 2.24) is 0 Å². The van der Waals surface area contributed by atoms with Crippen LogP contribution in [0.4, 0.5) is 0 Å². The number of rotatable bonds is 0. The molecule has 0 aromatic rings. The zero-order valence-corrected chi connectivity index (χ0v) is 7.29. The van der Waals surface area contributed by atoms with Gasteiger partial charge in [0.1, 0.15) is 0 Å². The van der Waals surface area contributed by atoms with Gasteiger partial charge in [-0.1, -0.05) is 42.6 Å². The molecule has 2 unspecified atom stereocenters. The molecule has 0 nitrogen and oxygen atoms in total. The first-order valence-electron chi connectivity index (χ1n) is 4.78. The fraction of sp³-hybridized carbons (Fsp3) is 0.500. The third-order valence-corrected chi connectivity index (χ3v) is 2.68. The van der Waals surface area contributed by atoms with Crippen LogP contribution in [0.25, 0.3) is 0 Å². The molecule has 62 valence electrons. The Morgan fingerprint density at radius 3 is 3.17 bits per heavy atom. The Labute approximate surface area is 74.4 Å². The van der Waals surface area contributed by atoms with Crippen LogP contribution in [0.3, 0.4) is 0 Å². The van der Waals surface area contributed by atoms with E-state index in [1.165, 1.54) is 19.3 Å². The largest absolute Gasteiger partial charge is 0.0990 e. The van der Waals surface area contributed by atoms with Gasteiger partial charge in [0, 0.05) is 12.3 Å². The maximum Gasteiger partial charge on any atom is 0.0272 e. The second-order valence-corrected chi connectivity index (χ2v) is 3.54. The number of fused-ring (bicyclic) bond motifs is 1. The summed E-state index contributed by atoms with van der Waals surface area (Å²) in [4.78, 5) is 0. The summed E-state index contributed by atoms with van der Waals surface area (Å²) in [5.74, 6) is 7.98. The lowest BCUT2D eigenvalue weighted by molar-refractivity contribution is 0.576. The summed E-state index contributed by atoms with van der Waals surface area (Å²) in [5.41, 5.74) is 0. The first-order chi connectivity index (χ1) is 5.97. The van der Waals surface area contributed by atoms with Gasteiger partial charge in [0.2, 0.25) is 0 Å². The molecule has 2 atom stereocenters.